The Hall–Kier alpha value is -2.83. The van der Waals surface area contributed by atoms with Gasteiger partial charge in [-0.1, -0.05) is 66.6 Å². The zero-order valence-corrected chi connectivity index (χ0v) is 13.0. The molecule has 23 heavy (non-hydrogen) atoms. The van der Waals surface area contributed by atoms with Crippen molar-refractivity contribution in [1.29, 1.82) is 0 Å². The standard InChI is InChI=1S/C20H18O3/c1-22-20(21)14-13-18-11-5-6-12-19(18)16-23-15-7-10-17-8-3-2-4-9-17/h2-12H,15-16H2,1H3/b10-7+. The average Bonchev–Trinajstić information content (AvgIpc) is 2.61. The van der Waals surface area contributed by atoms with Crippen molar-refractivity contribution in [1.82, 2.24) is 0 Å². The Labute approximate surface area is 136 Å². The summed E-state index contributed by atoms with van der Waals surface area (Å²) in [7, 11) is 1.31. The summed E-state index contributed by atoms with van der Waals surface area (Å²) in [5.74, 6) is 4.69. The number of rotatable bonds is 5. The maximum Gasteiger partial charge on any atom is 0.384 e. The molecule has 2 rings (SSSR count). The Balaban J connectivity index is 1.89. The van der Waals surface area contributed by atoms with Crippen molar-refractivity contribution >= 4 is 12.0 Å². The van der Waals surface area contributed by atoms with E-state index in [1.165, 1.54) is 7.11 Å². The molecule has 0 radical (unpaired) electrons. The van der Waals surface area contributed by atoms with Crippen LogP contribution in [0.3, 0.4) is 0 Å². The van der Waals surface area contributed by atoms with E-state index >= 15 is 0 Å². The van der Waals surface area contributed by atoms with Crippen LogP contribution in [0.5, 0.6) is 0 Å². The summed E-state index contributed by atoms with van der Waals surface area (Å²) in [5, 5.41) is 0. The van der Waals surface area contributed by atoms with E-state index in [1.807, 2.05) is 66.7 Å². The van der Waals surface area contributed by atoms with Gasteiger partial charge in [0.05, 0.1) is 20.3 Å². The van der Waals surface area contributed by atoms with E-state index in [1.54, 1.807) is 0 Å². The lowest BCUT2D eigenvalue weighted by molar-refractivity contribution is -0.133. The molecule has 0 aliphatic heterocycles. The van der Waals surface area contributed by atoms with Gasteiger partial charge in [-0.25, -0.2) is 4.79 Å². The van der Waals surface area contributed by atoms with Gasteiger partial charge in [-0.3, -0.25) is 0 Å². The fraction of sp³-hybridized carbons (Fsp3) is 0.150. The number of esters is 1. The van der Waals surface area contributed by atoms with E-state index in [0.717, 1.165) is 16.7 Å². The molecule has 3 nitrogen and oxygen atoms in total. The quantitative estimate of drug-likeness (QED) is 0.482. The average molecular weight is 306 g/mol. The van der Waals surface area contributed by atoms with Crippen molar-refractivity contribution in [3.05, 3.63) is 77.4 Å². The Kier molecular flexibility index (Phi) is 6.65. The van der Waals surface area contributed by atoms with Gasteiger partial charge in [-0.15, -0.1) is 0 Å². The maximum absolute atomic E-state index is 11.1. The van der Waals surface area contributed by atoms with E-state index in [-0.39, 0.29) is 0 Å². The van der Waals surface area contributed by atoms with Crippen molar-refractivity contribution in [2.24, 2.45) is 0 Å². The smallest absolute Gasteiger partial charge is 0.384 e. The second-order valence-electron chi connectivity index (χ2n) is 4.73. The van der Waals surface area contributed by atoms with Crippen LogP contribution in [-0.2, 0) is 20.9 Å². The van der Waals surface area contributed by atoms with Crippen LogP contribution < -0.4 is 0 Å². The van der Waals surface area contributed by atoms with Gasteiger partial charge in [0.25, 0.3) is 0 Å². The van der Waals surface area contributed by atoms with Crippen LogP contribution in [-0.4, -0.2) is 19.7 Å². The number of methoxy groups -OCH3 is 1. The molecule has 0 fully saturated rings. The fourth-order valence-corrected chi connectivity index (χ4v) is 1.92. The van der Waals surface area contributed by atoms with Crippen molar-refractivity contribution < 1.29 is 14.3 Å². The fourth-order valence-electron chi connectivity index (χ4n) is 1.92. The van der Waals surface area contributed by atoms with Crippen molar-refractivity contribution in [3.63, 3.8) is 0 Å². The summed E-state index contributed by atoms with van der Waals surface area (Å²) in [4.78, 5) is 11.1. The molecule has 0 N–H and O–H groups in total. The van der Waals surface area contributed by atoms with Gasteiger partial charge in [-0.2, -0.15) is 0 Å². The minimum atomic E-state index is -0.550. The molecule has 0 amide bonds. The Morgan fingerprint density at radius 2 is 1.83 bits per heavy atom. The van der Waals surface area contributed by atoms with E-state index in [0.29, 0.717) is 13.2 Å². The summed E-state index contributed by atoms with van der Waals surface area (Å²) in [6.45, 7) is 0.943. The van der Waals surface area contributed by atoms with E-state index < -0.39 is 5.97 Å². The molecule has 0 heterocycles. The van der Waals surface area contributed by atoms with Crippen LogP contribution in [0.25, 0.3) is 6.08 Å². The van der Waals surface area contributed by atoms with Gasteiger partial charge in [0.2, 0.25) is 0 Å². The first kappa shape index (κ1) is 16.5. The number of ether oxygens (including phenoxy) is 2. The Morgan fingerprint density at radius 3 is 2.61 bits per heavy atom. The predicted octanol–water partition coefficient (Wildman–Crippen LogP) is 3.44. The normalized spacial score (nSPS) is 10.1. The second-order valence-corrected chi connectivity index (χ2v) is 4.73. The van der Waals surface area contributed by atoms with Gasteiger partial charge in [0.1, 0.15) is 0 Å². The molecule has 0 aliphatic carbocycles. The number of carbonyl (C=O) groups is 1. The zero-order valence-electron chi connectivity index (χ0n) is 13.0. The van der Waals surface area contributed by atoms with E-state index in [4.69, 9.17) is 4.74 Å². The number of carbonyl (C=O) groups excluding carboxylic acids is 1. The molecule has 3 heteroatoms. The molecule has 2 aromatic carbocycles. The Bertz CT molecular complexity index is 721. The van der Waals surface area contributed by atoms with Gasteiger partial charge in [-0.05, 0) is 17.2 Å². The monoisotopic (exact) mass is 306 g/mol. The lowest BCUT2D eigenvalue weighted by Crippen LogP contribution is -1.97. The minimum absolute atomic E-state index is 0.436. The summed E-state index contributed by atoms with van der Waals surface area (Å²) >= 11 is 0. The minimum Gasteiger partial charge on any atom is -0.459 e. The molecule has 0 spiro atoms. The van der Waals surface area contributed by atoms with Gasteiger partial charge in [0.15, 0.2) is 0 Å². The molecular weight excluding hydrogens is 288 g/mol. The van der Waals surface area contributed by atoms with Crippen molar-refractivity contribution in [3.8, 4) is 11.8 Å². The van der Waals surface area contributed by atoms with Crippen molar-refractivity contribution in [2.45, 2.75) is 6.61 Å². The number of benzene rings is 2. The molecule has 0 aromatic heterocycles. The van der Waals surface area contributed by atoms with Crippen LogP contribution in [0.2, 0.25) is 0 Å². The zero-order chi connectivity index (χ0) is 16.3. The largest absolute Gasteiger partial charge is 0.459 e. The summed E-state index contributed by atoms with van der Waals surface area (Å²) < 4.78 is 10.2. The van der Waals surface area contributed by atoms with Crippen LogP contribution in [0.1, 0.15) is 16.7 Å². The lowest BCUT2D eigenvalue weighted by Gasteiger charge is -2.04. The Morgan fingerprint density at radius 1 is 1.09 bits per heavy atom. The number of hydrogen-bond donors (Lipinski definition) is 0. The van der Waals surface area contributed by atoms with Crippen LogP contribution in [0.15, 0.2) is 60.7 Å². The molecule has 116 valence electrons. The molecular formula is C20H18O3. The van der Waals surface area contributed by atoms with Crippen LogP contribution >= 0.6 is 0 Å². The molecule has 0 atom stereocenters. The van der Waals surface area contributed by atoms with Gasteiger partial charge >= 0.3 is 5.97 Å². The molecule has 0 unspecified atom stereocenters. The maximum atomic E-state index is 11.1. The highest BCUT2D eigenvalue weighted by Gasteiger charge is 1.99. The summed E-state index contributed by atoms with van der Waals surface area (Å²) in [5.41, 5.74) is 2.85. The van der Waals surface area contributed by atoms with Gasteiger partial charge < -0.3 is 9.47 Å². The first-order valence-corrected chi connectivity index (χ1v) is 7.27. The number of hydrogen-bond acceptors (Lipinski definition) is 3. The second kappa shape index (κ2) is 9.24. The first-order chi connectivity index (χ1) is 11.3. The van der Waals surface area contributed by atoms with Crippen LogP contribution in [0.4, 0.5) is 0 Å². The van der Waals surface area contributed by atoms with E-state index in [2.05, 4.69) is 16.6 Å². The first-order valence-electron chi connectivity index (χ1n) is 7.27. The molecule has 0 saturated heterocycles. The highest BCUT2D eigenvalue weighted by atomic mass is 16.5. The highest BCUT2D eigenvalue weighted by molar-refractivity contribution is 5.89. The third-order valence-electron chi connectivity index (χ3n) is 3.08. The lowest BCUT2D eigenvalue weighted by atomic mass is 10.1. The summed E-state index contributed by atoms with van der Waals surface area (Å²) in [6.07, 6.45) is 3.99. The molecule has 0 bridgehead atoms. The third kappa shape index (κ3) is 5.82. The van der Waals surface area contributed by atoms with Crippen LogP contribution in [0, 0.1) is 11.8 Å². The third-order valence-corrected chi connectivity index (χ3v) is 3.08. The van der Waals surface area contributed by atoms with Gasteiger partial charge in [0, 0.05) is 11.5 Å². The highest BCUT2D eigenvalue weighted by Crippen LogP contribution is 2.09. The molecule has 0 saturated carbocycles. The predicted molar refractivity (Wildman–Crippen MR) is 90.5 cm³/mol. The van der Waals surface area contributed by atoms with E-state index in [9.17, 15) is 4.79 Å². The summed E-state index contributed by atoms with van der Waals surface area (Å²) in [6, 6.07) is 17.6. The molecule has 0 aliphatic rings. The van der Waals surface area contributed by atoms with Crippen molar-refractivity contribution in [2.75, 3.05) is 13.7 Å². The SMILES string of the molecule is COC(=O)C#Cc1ccccc1COC/C=C/c1ccccc1. The topological polar surface area (TPSA) is 35.5 Å². The molecule has 2 aromatic rings.